The lowest BCUT2D eigenvalue weighted by Gasteiger charge is -1.94. The summed E-state index contributed by atoms with van der Waals surface area (Å²) >= 11 is 0. The van der Waals surface area contributed by atoms with Crippen molar-refractivity contribution < 1.29 is 8.78 Å². The first-order valence-electron chi connectivity index (χ1n) is 3.79. The monoisotopic (exact) mass is 172 g/mol. The van der Waals surface area contributed by atoms with E-state index in [0.717, 1.165) is 13.8 Å². The first kappa shape index (κ1) is 11.1. The van der Waals surface area contributed by atoms with Crippen LogP contribution in [0.3, 0.4) is 0 Å². The van der Waals surface area contributed by atoms with E-state index in [0.29, 0.717) is 0 Å². The molecule has 0 aliphatic heterocycles. The molecular formula is C10H14F2. The normalized spacial score (nSPS) is 10.1. The molecular weight excluding hydrogens is 158 g/mol. The van der Waals surface area contributed by atoms with E-state index >= 15 is 0 Å². The molecule has 0 saturated carbocycles. The Morgan fingerprint density at radius 3 is 1.50 bits per heavy atom. The lowest BCUT2D eigenvalue weighted by atomic mass is 10.2. The molecule has 12 heavy (non-hydrogen) atoms. The predicted octanol–water partition coefficient (Wildman–Crippen LogP) is 3.66. The van der Waals surface area contributed by atoms with Crippen LogP contribution in [0.4, 0.5) is 8.78 Å². The van der Waals surface area contributed by atoms with E-state index in [1.165, 1.54) is 5.56 Å². The van der Waals surface area contributed by atoms with Gasteiger partial charge in [0.2, 0.25) is 5.92 Å². The lowest BCUT2D eigenvalue weighted by Crippen LogP contribution is -1.98. The number of rotatable bonds is 0. The Hall–Kier alpha value is -0.920. The van der Waals surface area contributed by atoms with E-state index in [2.05, 4.69) is 19.1 Å². The summed E-state index contributed by atoms with van der Waals surface area (Å²) in [5.74, 6) is -2.50. The van der Waals surface area contributed by atoms with E-state index in [9.17, 15) is 8.78 Å². The lowest BCUT2D eigenvalue weighted by molar-refractivity contribution is 0.0437. The molecule has 68 valence electrons. The van der Waals surface area contributed by atoms with Crippen molar-refractivity contribution in [3.05, 3.63) is 35.9 Å². The quantitative estimate of drug-likeness (QED) is 0.560. The second-order valence-corrected chi connectivity index (χ2v) is 2.98. The zero-order chi connectivity index (χ0) is 9.61. The molecule has 1 rings (SSSR count). The van der Waals surface area contributed by atoms with Crippen LogP contribution in [0.1, 0.15) is 19.4 Å². The fraction of sp³-hybridized carbons (Fsp3) is 0.400. The molecule has 0 fully saturated rings. The Morgan fingerprint density at radius 1 is 1.00 bits per heavy atom. The van der Waals surface area contributed by atoms with Crippen LogP contribution >= 0.6 is 0 Å². The summed E-state index contributed by atoms with van der Waals surface area (Å²) in [7, 11) is 0. The maximum atomic E-state index is 11.0. The second-order valence-electron chi connectivity index (χ2n) is 2.98. The van der Waals surface area contributed by atoms with Crippen LogP contribution in [-0.2, 0) is 0 Å². The third-order valence-electron chi connectivity index (χ3n) is 0.940. The Bertz CT molecular complexity index is 193. The van der Waals surface area contributed by atoms with Crippen LogP contribution in [0, 0.1) is 6.92 Å². The van der Waals surface area contributed by atoms with Crippen molar-refractivity contribution in [2.45, 2.75) is 26.7 Å². The van der Waals surface area contributed by atoms with Gasteiger partial charge in [0.1, 0.15) is 0 Å². The molecule has 0 amide bonds. The summed E-state index contributed by atoms with van der Waals surface area (Å²) in [6.45, 7) is 3.79. The van der Waals surface area contributed by atoms with Gasteiger partial charge in [-0.05, 0) is 20.8 Å². The summed E-state index contributed by atoms with van der Waals surface area (Å²) in [5, 5.41) is 0. The summed E-state index contributed by atoms with van der Waals surface area (Å²) < 4.78 is 22.0. The van der Waals surface area contributed by atoms with Crippen LogP contribution in [0.25, 0.3) is 0 Å². The van der Waals surface area contributed by atoms with Gasteiger partial charge in [0, 0.05) is 0 Å². The van der Waals surface area contributed by atoms with Crippen LogP contribution in [-0.4, -0.2) is 5.92 Å². The zero-order valence-electron chi connectivity index (χ0n) is 7.64. The smallest absolute Gasteiger partial charge is 0.208 e. The molecule has 0 atom stereocenters. The highest BCUT2D eigenvalue weighted by Crippen LogP contribution is 2.06. The van der Waals surface area contributed by atoms with E-state index in [-0.39, 0.29) is 0 Å². The molecule has 0 radical (unpaired) electrons. The van der Waals surface area contributed by atoms with E-state index in [1.807, 2.05) is 18.2 Å². The number of hydrogen-bond acceptors (Lipinski definition) is 0. The Labute approximate surface area is 72.2 Å². The van der Waals surface area contributed by atoms with Gasteiger partial charge in [-0.25, -0.2) is 8.78 Å². The van der Waals surface area contributed by atoms with Crippen LogP contribution in [0.15, 0.2) is 30.3 Å². The number of aryl methyl sites for hydroxylation is 1. The molecule has 0 aromatic heterocycles. The van der Waals surface area contributed by atoms with Crippen molar-refractivity contribution in [2.24, 2.45) is 0 Å². The summed E-state index contributed by atoms with van der Waals surface area (Å²) in [6, 6.07) is 10.3. The molecule has 2 heteroatoms. The van der Waals surface area contributed by atoms with Gasteiger partial charge in [-0.2, -0.15) is 0 Å². The molecule has 0 aliphatic carbocycles. The average Bonchev–Trinajstić information content (AvgIpc) is 1.85. The maximum Gasteiger partial charge on any atom is 0.242 e. The minimum absolute atomic E-state index is 0.854. The third-order valence-corrected chi connectivity index (χ3v) is 0.940. The minimum Gasteiger partial charge on any atom is -0.208 e. The van der Waals surface area contributed by atoms with Gasteiger partial charge in [0.25, 0.3) is 0 Å². The Morgan fingerprint density at radius 2 is 1.33 bits per heavy atom. The summed E-state index contributed by atoms with van der Waals surface area (Å²) in [5.41, 5.74) is 1.32. The van der Waals surface area contributed by atoms with Crippen molar-refractivity contribution in [2.75, 3.05) is 0 Å². The van der Waals surface area contributed by atoms with Crippen molar-refractivity contribution >= 4 is 0 Å². The largest absolute Gasteiger partial charge is 0.242 e. The van der Waals surface area contributed by atoms with Crippen molar-refractivity contribution in [1.82, 2.24) is 0 Å². The zero-order valence-corrected chi connectivity index (χ0v) is 7.64. The number of hydrogen-bond donors (Lipinski definition) is 0. The van der Waals surface area contributed by atoms with Gasteiger partial charge in [0.05, 0.1) is 0 Å². The fourth-order valence-corrected chi connectivity index (χ4v) is 0.534. The predicted molar refractivity (Wildman–Crippen MR) is 47.5 cm³/mol. The third kappa shape index (κ3) is 11.8. The van der Waals surface area contributed by atoms with Gasteiger partial charge < -0.3 is 0 Å². The first-order valence-corrected chi connectivity index (χ1v) is 3.79. The van der Waals surface area contributed by atoms with Crippen molar-refractivity contribution in [1.29, 1.82) is 0 Å². The standard InChI is InChI=1S/C7H8.C3H6F2/c1-7-5-3-2-4-6-7;1-3(2,4)5/h2-6H,1H3;1-2H3. The maximum absolute atomic E-state index is 11.0. The highest BCUT2D eigenvalue weighted by molar-refractivity contribution is 5.11. The van der Waals surface area contributed by atoms with Crippen LogP contribution < -0.4 is 0 Å². The van der Waals surface area contributed by atoms with Crippen molar-refractivity contribution in [3.63, 3.8) is 0 Å². The van der Waals surface area contributed by atoms with Gasteiger partial charge in [0.15, 0.2) is 0 Å². The van der Waals surface area contributed by atoms with Crippen molar-refractivity contribution in [3.8, 4) is 0 Å². The Kier molecular flexibility index (Phi) is 4.49. The van der Waals surface area contributed by atoms with Gasteiger partial charge in [-0.1, -0.05) is 35.9 Å². The molecule has 0 saturated heterocycles. The molecule has 1 aromatic rings. The highest BCUT2D eigenvalue weighted by atomic mass is 19.3. The molecule has 0 spiro atoms. The molecule has 0 heterocycles. The molecule has 0 bridgehead atoms. The van der Waals surface area contributed by atoms with Gasteiger partial charge >= 0.3 is 0 Å². The topological polar surface area (TPSA) is 0 Å². The van der Waals surface area contributed by atoms with Crippen LogP contribution in [0.5, 0.6) is 0 Å². The highest BCUT2D eigenvalue weighted by Gasteiger charge is 2.08. The van der Waals surface area contributed by atoms with E-state index in [4.69, 9.17) is 0 Å². The first-order chi connectivity index (χ1) is 5.39. The van der Waals surface area contributed by atoms with E-state index in [1.54, 1.807) is 0 Å². The van der Waals surface area contributed by atoms with Gasteiger partial charge in [-0.3, -0.25) is 0 Å². The molecule has 0 N–H and O–H groups in total. The molecule has 0 unspecified atom stereocenters. The summed E-state index contributed by atoms with van der Waals surface area (Å²) in [4.78, 5) is 0. The SMILES string of the molecule is CC(C)(F)F.Cc1ccccc1. The average molecular weight is 172 g/mol. The molecule has 0 nitrogen and oxygen atoms in total. The van der Waals surface area contributed by atoms with Crippen LogP contribution in [0.2, 0.25) is 0 Å². The number of halogens is 2. The Balaban J connectivity index is 0.000000217. The number of alkyl halides is 2. The second kappa shape index (κ2) is 4.86. The van der Waals surface area contributed by atoms with Gasteiger partial charge in [-0.15, -0.1) is 0 Å². The summed E-state index contributed by atoms with van der Waals surface area (Å²) in [6.07, 6.45) is 0. The number of benzene rings is 1. The minimum atomic E-state index is -2.50. The molecule has 1 aromatic carbocycles. The fourth-order valence-electron chi connectivity index (χ4n) is 0.534. The molecule has 0 aliphatic rings. The van der Waals surface area contributed by atoms with E-state index < -0.39 is 5.92 Å².